The Morgan fingerprint density at radius 3 is 2.61 bits per heavy atom. The lowest BCUT2D eigenvalue weighted by Crippen LogP contribution is -2.47. The minimum Gasteiger partial charge on any atom is -0.333 e. The molecule has 2 saturated heterocycles. The second-order valence-electron chi connectivity index (χ2n) is 6.98. The van der Waals surface area contributed by atoms with Crippen LogP contribution in [0.3, 0.4) is 0 Å². The van der Waals surface area contributed by atoms with E-state index in [0.29, 0.717) is 22.6 Å². The second-order valence-corrected chi connectivity index (χ2v) is 7.38. The molecule has 1 aromatic rings. The van der Waals surface area contributed by atoms with Crippen LogP contribution < -0.4 is 0 Å². The fourth-order valence-corrected chi connectivity index (χ4v) is 3.98. The first-order chi connectivity index (χ1) is 11.0. The van der Waals surface area contributed by atoms with E-state index in [2.05, 4.69) is 21.9 Å². The molecule has 1 amide bonds. The van der Waals surface area contributed by atoms with Crippen LogP contribution >= 0.6 is 11.6 Å². The van der Waals surface area contributed by atoms with Gasteiger partial charge in [0.25, 0.3) is 5.91 Å². The maximum atomic E-state index is 13.0. The van der Waals surface area contributed by atoms with Crippen molar-refractivity contribution in [1.82, 2.24) is 19.8 Å². The Balaban J connectivity index is 1.85. The molecule has 0 spiro atoms. The molecule has 5 nitrogen and oxygen atoms in total. The van der Waals surface area contributed by atoms with Crippen LogP contribution in [0.4, 0.5) is 0 Å². The summed E-state index contributed by atoms with van der Waals surface area (Å²) < 4.78 is 0. The smallest absolute Gasteiger partial charge is 0.274 e. The summed E-state index contributed by atoms with van der Waals surface area (Å²) in [7, 11) is 2.16. The monoisotopic (exact) mass is 336 g/mol. The van der Waals surface area contributed by atoms with E-state index in [1.54, 1.807) is 6.20 Å². The largest absolute Gasteiger partial charge is 0.333 e. The molecule has 3 heterocycles. The van der Waals surface area contributed by atoms with E-state index in [1.165, 1.54) is 12.8 Å². The van der Waals surface area contributed by atoms with Gasteiger partial charge in [-0.3, -0.25) is 4.79 Å². The van der Waals surface area contributed by atoms with Crippen LogP contribution in [0.15, 0.2) is 6.20 Å². The van der Waals surface area contributed by atoms with Crippen molar-refractivity contribution < 1.29 is 4.79 Å². The molecule has 2 fully saturated rings. The van der Waals surface area contributed by atoms with Crippen LogP contribution in [0, 0.1) is 0 Å². The third-order valence-electron chi connectivity index (χ3n) is 5.06. The van der Waals surface area contributed by atoms with Gasteiger partial charge < -0.3 is 9.80 Å². The zero-order valence-electron chi connectivity index (χ0n) is 14.1. The molecular formula is C17H25ClN4O. The normalized spacial score (nSPS) is 25.5. The number of amides is 1. The summed E-state index contributed by atoms with van der Waals surface area (Å²) in [6, 6.07) is 0.746. The van der Waals surface area contributed by atoms with E-state index < -0.39 is 0 Å². The third kappa shape index (κ3) is 3.22. The number of nitrogens with zero attached hydrogens (tertiary/aromatic N) is 4. The number of carbonyl (C=O) groups is 1. The first kappa shape index (κ1) is 16.7. The maximum Gasteiger partial charge on any atom is 0.274 e. The van der Waals surface area contributed by atoms with E-state index >= 15 is 0 Å². The molecule has 0 radical (unpaired) electrons. The van der Waals surface area contributed by atoms with Crippen LogP contribution in [0.5, 0.6) is 0 Å². The minimum absolute atomic E-state index is 0.0397. The number of hydrogen-bond donors (Lipinski definition) is 0. The first-order valence-electron chi connectivity index (χ1n) is 8.52. The lowest BCUT2D eigenvalue weighted by molar-refractivity contribution is 0.0658. The molecule has 0 bridgehead atoms. The van der Waals surface area contributed by atoms with Gasteiger partial charge in [0, 0.05) is 24.5 Å². The zero-order valence-corrected chi connectivity index (χ0v) is 14.9. The quantitative estimate of drug-likeness (QED) is 0.851. The van der Waals surface area contributed by atoms with Gasteiger partial charge in [0.1, 0.15) is 5.82 Å². The highest BCUT2D eigenvalue weighted by Gasteiger charge is 2.39. The highest BCUT2D eigenvalue weighted by atomic mass is 35.5. The summed E-state index contributed by atoms with van der Waals surface area (Å²) in [5.74, 6) is 0.808. The van der Waals surface area contributed by atoms with Gasteiger partial charge in [-0.25, -0.2) is 9.97 Å². The van der Waals surface area contributed by atoms with Crippen molar-refractivity contribution in [3.8, 4) is 0 Å². The standard InChI is InChI=1S/C17H25ClN4O/c1-11(2)16-19-10-12(18)15(20-16)17(23)22-9-5-7-14(22)13-6-4-8-21(13)3/h10-11,13-14H,4-9H2,1-3H3/t13-,14-/m1/s1. The predicted molar refractivity (Wildman–Crippen MR) is 90.8 cm³/mol. The number of likely N-dealkylation sites (N-methyl/N-ethyl adjacent to an activating group) is 1. The van der Waals surface area contributed by atoms with Crippen molar-refractivity contribution in [2.45, 2.75) is 57.5 Å². The summed E-state index contributed by atoms with van der Waals surface area (Å²) in [5.41, 5.74) is 0.359. The van der Waals surface area contributed by atoms with Crippen molar-refractivity contribution in [1.29, 1.82) is 0 Å². The van der Waals surface area contributed by atoms with Gasteiger partial charge in [-0.15, -0.1) is 0 Å². The summed E-state index contributed by atoms with van der Waals surface area (Å²) in [6.07, 6.45) is 6.07. The molecule has 0 saturated carbocycles. The molecule has 6 heteroatoms. The van der Waals surface area contributed by atoms with Crippen molar-refractivity contribution >= 4 is 17.5 Å². The molecule has 2 atom stereocenters. The lowest BCUT2D eigenvalue weighted by Gasteiger charge is -2.33. The topological polar surface area (TPSA) is 49.3 Å². The Labute approximate surface area is 143 Å². The second kappa shape index (κ2) is 6.73. The van der Waals surface area contributed by atoms with Gasteiger partial charge in [-0.05, 0) is 39.3 Å². The average molecular weight is 337 g/mol. The molecule has 3 rings (SSSR count). The number of hydrogen-bond acceptors (Lipinski definition) is 4. The molecule has 0 aromatic carbocycles. The van der Waals surface area contributed by atoms with Crippen LogP contribution in [-0.2, 0) is 0 Å². The van der Waals surface area contributed by atoms with Crippen molar-refractivity contribution in [3.63, 3.8) is 0 Å². The summed E-state index contributed by atoms with van der Waals surface area (Å²) in [5, 5.41) is 0.352. The van der Waals surface area contributed by atoms with Gasteiger partial charge >= 0.3 is 0 Å². The fourth-order valence-electron chi connectivity index (χ4n) is 3.81. The van der Waals surface area contributed by atoms with Crippen LogP contribution in [-0.4, -0.2) is 57.9 Å². The molecule has 126 valence electrons. The zero-order chi connectivity index (χ0) is 16.6. The van der Waals surface area contributed by atoms with Crippen LogP contribution in [0.1, 0.15) is 61.8 Å². The van der Waals surface area contributed by atoms with Gasteiger partial charge in [0.05, 0.1) is 11.2 Å². The molecule has 23 heavy (non-hydrogen) atoms. The van der Waals surface area contributed by atoms with Gasteiger partial charge in [-0.2, -0.15) is 0 Å². The van der Waals surface area contributed by atoms with E-state index in [-0.39, 0.29) is 17.9 Å². The minimum atomic E-state index is -0.0397. The Morgan fingerprint density at radius 2 is 1.96 bits per heavy atom. The van der Waals surface area contributed by atoms with Crippen LogP contribution in [0.2, 0.25) is 5.02 Å². The van der Waals surface area contributed by atoms with Crippen molar-refractivity contribution in [2.75, 3.05) is 20.1 Å². The number of likely N-dealkylation sites (tertiary alicyclic amines) is 2. The molecular weight excluding hydrogens is 312 g/mol. The summed E-state index contributed by atoms with van der Waals surface area (Å²) in [4.78, 5) is 26.1. The number of halogens is 1. The van der Waals surface area contributed by atoms with E-state index in [4.69, 9.17) is 11.6 Å². The maximum absolute atomic E-state index is 13.0. The summed E-state index contributed by atoms with van der Waals surface area (Å²) >= 11 is 6.23. The van der Waals surface area contributed by atoms with Crippen LogP contribution in [0.25, 0.3) is 0 Å². The average Bonchev–Trinajstić information content (AvgIpc) is 3.14. The molecule has 1 aromatic heterocycles. The Bertz CT molecular complexity index is 592. The van der Waals surface area contributed by atoms with E-state index in [9.17, 15) is 4.79 Å². The Morgan fingerprint density at radius 1 is 1.26 bits per heavy atom. The Kier molecular flexibility index (Phi) is 4.87. The third-order valence-corrected chi connectivity index (χ3v) is 5.34. The first-order valence-corrected chi connectivity index (χ1v) is 8.90. The predicted octanol–water partition coefficient (Wildman–Crippen LogP) is 2.95. The fraction of sp³-hybridized carbons (Fsp3) is 0.706. The highest BCUT2D eigenvalue weighted by molar-refractivity contribution is 6.33. The number of aromatic nitrogens is 2. The van der Waals surface area contributed by atoms with Crippen molar-refractivity contribution in [3.05, 3.63) is 22.7 Å². The van der Waals surface area contributed by atoms with E-state index in [0.717, 1.165) is 25.9 Å². The molecule has 0 unspecified atom stereocenters. The molecule has 0 N–H and O–H groups in total. The number of carbonyl (C=O) groups excluding carboxylic acids is 1. The summed E-state index contributed by atoms with van der Waals surface area (Å²) in [6.45, 7) is 5.95. The van der Waals surface area contributed by atoms with Gasteiger partial charge in [0.15, 0.2) is 5.69 Å². The van der Waals surface area contributed by atoms with Crippen molar-refractivity contribution in [2.24, 2.45) is 0 Å². The van der Waals surface area contributed by atoms with Gasteiger partial charge in [-0.1, -0.05) is 25.4 Å². The molecule has 2 aliphatic heterocycles. The van der Waals surface area contributed by atoms with E-state index in [1.807, 2.05) is 18.7 Å². The SMILES string of the molecule is CC(C)c1ncc(Cl)c(C(=O)N2CCC[C@@H]2[C@H]2CCCN2C)n1. The molecule has 0 aliphatic carbocycles. The number of rotatable bonds is 3. The molecule has 2 aliphatic rings. The van der Waals surface area contributed by atoms with Gasteiger partial charge in [0.2, 0.25) is 0 Å². The Hall–Kier alpha value is -1.20. The lowest BCUT2D eigenvalue weighted by atomic mass is 10.0. The highest BCUT2D eigenvalue weighted by Crippen LogP contribution is 2.31.